The van der Waals surface area contributed by atoms with E-state index in [0.29, 0.717) is 17.1 Å². The molecule has 2 aromatic rings. The van der Waals surface area contributed by atoms with Gasteiger partial charge in [-0.3, -0.25) is 4.90 Å². The van der Waals surface area contributed by atoms with Gasteiger partial charge in [0.1, 0.15) is 0 Å². The van der Waals surface area contributed by atoms with E-state index in [1.807, 2.05) is 12.1 Å². The lowest BCUT2D eigenvalue weighted by molar-refractivity contribution is 0.253. The Morgan fingerprint density at radius 2 is 1.88 bits per heavy atom. The van der Waals surface area contributed by atoms with Gasteiger partial charge in [0.05, 0.1) is 0 Å². The summed E-state index contributed by atoms with van der Waals surface area (Å²) in [5, 5.41) is 7.41. The Balaban J connectivity index is 1.45. The van der Waals surface area contributed by atoms with Crippen LogP contribution < -0.4 is 10.6 Å². The first-order valence-electron chi connectivity index (χ1n) is 9.03. The summed E-state index contributed by atoms with van der Waals surface area (Å²) in [4.78, 5) is 2.57. The molecule has 2 aromatic carbocycles. The third kappa shape index (κ3) is 4.80. The number of hydrogen-bond acceptors (Lipinski definition) is 2. The molecule has 2 N–H and O–H groups in total. The molecule has 2 atom stereocenters. The number of thiocarbonyl (C=S) groups is 1. The summed E-state index contributed by atoms with van der Waals surface area (Å²) in [5.74, 6) is 0.641. The van der Waals surface area contributed by atoms with Crippen LogP contribution in [0, 0.1) is 12.8 Å². The maximum absolute atomic E-state index is 5.45. The summed E-state index contributed by atoms with van der Waals surface area (Å²) in [6, 6.07) is 19.4. The monoisotopic (exact) mass is 353 g/mol. The molecule has 0 unspecified atom stereocenters. The number of rotatable bonds is 5. The largest absolute Gasteiger partial charge is 0.362 e. The molecular formula is C21H27N3S. The third-order valence-electron chi connectivity index (χ3n) is 5.09. The number of aryl methyl sites for hydroxylation is 1. The Hall–Kier alpha value is -1.91. The highest BCUT2D eigenvalue weighted by Crippen LogP contribution is 2.26. The van der Waals surface area contributed by atoms with Crippen LogP contribution in [-0.2, 0) is 0 Å². The minimum atomic E-state index is 0.475. The molecular weight excluding hydrogens is 326 g/mol. The van der Waals surface area contributed by atoms with Crippen molar-refractivity contribution < 1.29 is 0 Å². The zero-order valence-corrected chi connectivity index (χ0v) is 15.9. The average Bonchev–Trinajstić information content (AvgIpc) is 3.11. The first kappa shape index (κ1) is 17.9. The molecule has 0 radical (unpaired) electrons. The summed E-state index contributed by atoms with van der Waals surface area (Å²) >= 11 is 5.45. The van der Waals surface area contributed by atoms with Gasteiger partial charge in [-0.05, 0) is 62.1 Å². The lowest BCUT2D eigenvalue weighted by atomic mass is 10.1. The van der Waals surface area contributed by atoms with Crippen LogP contribution in [0.2, 0.25) is 0 Å². The fourth-order valence-electron chi connectivity index (χ4n) is 3.44. The highest BCUT2D eigenvalue weighted by atomic mass is 32.1. The van der Waals surface area contributed by atoms with Gasteiger partial charge in [-0.25, -0.2) is 0 Å². The van der Waals surface area contributed by atoms with Crippen molar-refractivity contribution in [1.82, 2.24) is 10.2 Å². The van der Waals surface area contributed by atoms with Gasteiger partial charge < -0.3 is 10.6 Å². The topological polar surface area (TPSA) is 27.3 Å². The van der Waals surface area contributed by atoms with E-state index in [9.17, 15) is 0 Å². The summed E-state index contributed by atoms with van der Waals surface area (Å²) in [5.41, 5.74) is 3.67. The molecule has 0 amide bonds. The van der Waals surface area contributed by atoms with Crippen molar-refractivity contribution in [1.29, 1.82) is 0 Å². The highest BCUT2D eigenvalue weighted by Gasteiger charge is 2.26. The SMILES string of the molecule is Cc1ccccc1NC(=S)NC[C@H]1CCN([C@@H](C)c2ccccc2)C1. The predicted octanol–water partition coefficient (Wildman–Crippen LogP) is 4.36. The first-order chi connectivity index (χ1) is 12.1. The van der Waals surface area contributed by atoms with Crippen LogP contribution in [0.25, 0.3) is 0 Å². The second-order valence-corrected chi connectivity index (χ2v) is 7.29. The van der Waals surface area contributed by atoms with Gasteiger partial charge in [-0.1, -0.05) is 48.5 Å². The Morgan fingerprint density at radius 3 is 2.64 bits per heavy atom. The van der Waals surface area contributed by atoms with Crippen molar-refractivity contribution >= 4 is 23.0 Å². The lowest BCUT2D eigenvalue weighted by Gasteiger charge is -2.25. The minimum absolute atomic E-state index is 0.475. The van der Waals surface area contributed by atoms with Crippen molar-refractivity contribution in [2.75, 3.05) is 25.0 Å². The first-order valence-corrected chi connectivity index (χ1v) is 9.44. The van der Waals surface area contributed by atoms with E-state index in [0.717, 1.165) is 25.3 Å². The van der Waals surface area contributed by atoms with E-state index < -0.39 is 0 Å². The van der Waals surface area contributed by atoms with Gasteiger partial charge >= 0.3 is 0 Å². The summed E-state index contributed by atoms with van der Waals surface area (Å²) in [7, 11) is 0. The van der Waals surface area contributed by atoms with Gasteiger partial charge in [0.2, 0.25) is 0 Å². The molecule has 1 aliphatic rings. The molecule has 1 saturated heterocycles. The summed E-state index contributed by atoms with van der Waals surface area (Å²) in [6.07, 6.45) is 1.22. The Bertz CT molecular complexity index is 701. The van der Waals surface area contributed by atoms with Gasteiger partial charge in [0.15, 0.2) is 5.11 Å². The normalized spacial score (nSPS) is 18.7. The minimum Gasteiger partial charge on any atom is -0.362 e. The molecule has 3 nitrogen and oxygen atoms in total. The maximum atomic E-state index is 5.45. The number of nitrogens with zero attached hydrogens (tertiary/aromatic N) is 1. The van der Waals surface area contributed by atoms with Crippen molar-refractivity contribution in [3.05, 3.63) is 65.7 Å². The quantitative estimate of drug-likeness (QED) is 0.781. The molecule has 25 heavy (non-hydrogen) atoms. The fraction of sp³-hybridized carbons (Fsp3) is 0.381. The molecule has 3 rings (SSSR count). The van der Waals surface area contributed by atoms with Crippen LogP contribution >= 0.6 is 12.2 Å². The van der Waals surface area contributed by atoms with Crippen LogP contribution in [-0.4, -0.2) is 29.6 Å². The smallest absolute Gasteiger partial charge is 0.170 e. The van der Waals surface area contributed by atoms with Gasteiger partial charge in [-0.2, -0.15) is 0 Å². The molecule has 132 valence electrons. The molecule has 1 heterocycles. The van der Waals surface area contributed by atoms with Crippen LogP contribution in [0.5, 0.6) is 0 Å². The maximum Gasteiger partial charge on any atom is 0.170 e. The Labute approximate surface area is 156 Å². The molecule has 0 spiro atoms. The molecule has 1 aliphatic heterocycles. The van der Waals surface area contributed by atoms with Crippen molar-refractivity contribution in [2.45, 2.75) is 26.3 Å². The number of hydrogen-bond donors (Lipinski definition) is 2. The van der Waals surface area contributed by atoms with Gasteiger partial charge in [0, 0.05) is 24.8 Å². The summed E-state index contributed by atoms with van der Waals surface area (Å²) in [6.45, 7) is 7.59. The second kappa shape index (κ2) is 8.45. The Morgan fingerprint density at radius 1 is 1.16 bits per heavy atom. The van der Waals surface area contributed by atoms with E-state index in [-0.39, 0.29) is 0 Å². The standard InChI is InChI=1S/C21H27N3S/c1-16-8-6-7-11-20(16)23-21(25)22-14-18-12-13-24(15-18)17(2)19-9-4-3-5-10-19/h3-11,17-18H,12-15H2,1-2H3,(H2,22,23,25)/t17-,18+/m0/s1. The molecule has 0 bridgehead atoms. The van der Waals surface area contributed by atoms with E-state index in [4.69, 9.17) is 12.2 Å². The lowest BCUT2D eigenvalue weighted by Crippen LogP contribution is -2.34. The third-order valence-corrected chi connectivity index (χ3v) is 5.34. The second-order valence-electron chi connectivity index (χ2n) is 6.89. The molecule has 0 saturated carbocycles. The fourth-order valence-corrected chi connectivity index (χ4v) is 3.63. The number of benzene rings is 2. The molecule has 1 fully saturated rings. The zero-order valence-electron chi connectivity index (χ0n) is 15.0. The van der Waals surface area contributed by atoms with Crippen LogP contribution in [0.3, 0.4) is 0 Å². The Kier molecular flexibility index (Phi) is 6.05. The van der Waals surface area contributed by atoms with Crippen LogP contribution in [0.4, 0.5) is 5.69 Å². The zero-order chi connectivity index (χ0) is 17.6. The number of para-hydroxylation sites is 1. The molecule has 0 aromatic heterocycles. The number of likely N-dealkylation sites (tertiary alicyclic amines) is 1. The van der Waals surface area contributed by atoms with E-state index >= 15 is 0 Å². The summed E-state index contributed by atoms with van der Waals surface area (Å²) < 4.78 is 0. The van der Waals surface area contributed by atoms with Crippen LogP contribution in [0.1, 0.15) is 30.5 Å². The number of anilines is 1. The molecule has 0 aliphatic carbocycles. The van der Waals surface area contributed by atoms with E-state index in [1.54, 1.807) is 0 Å². The van der Waals surface area contributed by atoms with E-state index in [1.165, 1.54) is 17.5 Å². The van der Waals surface area contributed by atoms with Crippen LogP contribution in [0.15, 0.2) is 54.6 Å². The van der Waals surface area contributed by atoms with Crippen molar-refractivity contribution in [2.24, 2.45) is 5.92 Å². The van der Waals surface area contributed by atoms with Gasteiger partial charge in [-0.15, -0.1) is 0 Å². The highest BCUT2D eigenvalue weighted by molar-refractivity contribution is 7.80. The van der Waals surface area contributed by atoms with E-state index in [2.05, 4.69) is 71.8 Å². The van der Waals surface area contributed by atoms with Gasteiger partial charge in [0.25, 0.3) is 0 Å². The number of nitrogens with one attached hydrogen (secondary N) is 2. The molecule has 4 heteroatoms. The van der Waals surface area contributed by atoms with Crippen molar-refractivity contribution in [3.63, 3.8) is 0 Å². The van der Waals surface area contributed by atoms with Crippen molar-refractivity contribution in [3.8, 4) is 0 Å². The predicted molar refractivity (Wildman–Crippen MR) is 110 cm³/mol. The average molecular weight is 354 g/mol.